The first kappa shape index (κ1) is 110. The summed E-state index contributed by atoms with van der Waals surface area (Å²) < 4.78 is 47.7. The van der Waals surface area contributed by atoms with Gasteiger partial charge in [-0.1, -0.05) is 156 Å². The van der Waals surface area contributed by atoms with E-state index in [-0.39, 0.29) is 59.0 Å². The fourth-order valence-electron chi connectivity index (χ4n) is 30.4. The van der Waals surface area contributed by atoms with Crippen LogP contribution in [0.3, 0.4) is 0 Å². The standard InChI is InChI=1S/C14H20O2.C14H22O2.C13H20O2.C10H16.4C10H14.C7H12O3.C6H10O3.C5H8O2.2C4H6O2/c1-8(2)14(15)16-13-7-9-6-12(13)11-5-3-4-10(9)11;1-9(2)12(15)16-11-8-10-6-7-14(11,5)13(10,3)4;1-5-11(14)15-10-8-9-6-7-13(10,4)12(9,2)3;5*1-2-9-7-4-5-8(6-7)10(9)3-1;1-6(2)7(8)10-5-4-9-3;1-3-6(7)9-5-4-8-2;1-4(2)5(6)7-3;2*1-3-4(5)6-2/h9-13H,1,3-7H2,2H3;10-11H,1,6-8H2,2-5H3;5,9-10H,1,6-8H2,2-4H3;7-10H,1-6H2;4*1-2,7-10H,3-6H2;1,4-5H2,2-3H3;3H,1,4-5H2,2H3;1H2,2-3H3;2*3H,1H2,2H3. The van der Waals surface area contributed by atoms with Crippen LogP contribution in [0.15, 0.2) is 148 Å². The second kappa shape index (κ2) is 50.6. The summed E-state index contributed by atoms with van der Waals surface area (Å²) in [5.41, 5.74) is 2.80. The summed E-state index contributed by atoms with van der Waals surface area (Å²) >= 11 is 0. The second-order valence-electron chi connectivity index (χ2n) is 45.4. The summed E-state index contributed by atoms with van der Waals surface area (Å²) in [6.07, 6.45) is 72.0. The van der Waals surface area contributed by atoms with Crippen LogP contribution in [0.25, 0.3) is 0 Å². The van der Waals surface area contributed by atoms with Gasteiger partial charge in [0.05, 0.1) is 34.5 Å². The molecular formula is C117H176O18. The summed E-state index contributed by atoms with van der Waals surface area (Å²) in [6, 6.07) is 0. The number of allylic oxidation sites excluding steroid dienone is 8. The molecule has 0 N–H and O–H groups in total. The molecule has 135 heavy (non-hydrogen) atoms. The van der Waals surface area contributed by atoms with Gasteiger partial charge in [0.1, 0.15) is 31.5 Å². The summed E-state index contributed by atoms with van der Waals surface area (Å²) in [7, 11) is 7.04. The van der Waals surface area contributed by atoms with Gasteiger partial charge in [0, 0.05) is 71.6 Å². The number of hydrogen-bond donors (Lipinski definition) is 0. The van der Waals surface area contributed by atoms with Crippen molar-refractivity contribution in [1.82, 2.24) is 0 Å². The van der Waals surface area contributed by atoms with Crippen molar-refractivity contribution < 1.29 is 85.7 Å². The van der Waals surface area contributed by atoms with Crippen LogP contribution in [-0.2, 0) is 85.7 Å². The first-order valence-corrected chi connectivity index (χ1v) is 52.4. The number of esters is 8. The first-order valence-electron chi connectivity index (χ1n) is 52.4. The molecule has 0 radical (unpaired) electrons. The van der Waals surface area contributed by atoms with Crippen LogP contribution in [0.2, 0.25) is 0 Å². The maximum atomic E-state index is 11.6. The van der Waals surface area contributed by atoms with E-state index in [0.29, 0.717) is 77.3 Å². The Morgan fingerprint density at radius 2 is 0.622 bits per heavy atom. The largest absolute Gasteiger partial charge is 0.466 e. The third kappa shape index (κ3) is 26.6. The Bertz CT molecular complexity index is 4000. The van der Waals surface area contributed by atoms with E-state index in [1.165, 1.54) is 154 Å². The quantitative estimate of drug-likeness (QED) is 0.0433. The lowest BCUT2D eigenvalue weighted by Crippen LogP contribution is -2.38. The molecule has 31 unspecified atom stereocenters. The number of ether oxygens (including phenoxy) is 10. The average molecular weight is 1870 g/mol. The van der Waals surface area contributed by atoms with Gasteiger partial charge in [0.15, 0.2) is 0 Å². The number of rotatable bonds is 17. The molecule has 0 heterocycles. The summed E-state index contributed by atoms with van der Waals surface area (Å²) in [6.45, 7) is 48.9. The van der Waals surface area contributed by atoms with Gasteiger partial charge in [-0.05, 0) is 391 Å². The van der Waals surface area contributed by atoms with Crippen molar-refractivity contribution in [2.75, 3.05) is 62.0 Å². The van der Waals surface area contributed by atoms with E-state index in [9.17, 15) is 38.4 Å². The number of carbonyl (C=O) groups excluding carboxylic acids is 8. The molecule has 0 aromatic carbocycles. The van der Waals surface area contributed by atoms with Crippen LogP contribution in [0, 0.1) is 176 Å². The van der Waals surface area contributed by atoms with Gasteiger partial charge in [0.2, 0.25) is 0 Å². The second-order valence-corrected chi connectivity index (χ2v) is 45.4. The van der Waals surface area contributed by atoms with Gasteiger partial charge in [-0.3, -0.25) is 0 Å². The number of methoxy groups -OCH3 is 5. The SMILES string of the molecule is C1=CC2C3CCC(C3)C2C1.C1=CC2C3CCC(C3)C2C1.C1=CC2C3CCC(C3)C2C1.C1=CC2C3CCC(C3)C2C1.C1CC2C3CCC(C3)C2C1.C=C(C)C(=O)OC.C=C(C)C(=O)OC1CC2CC1C1CCCC21.C=C(C)C(=O)OC1CC2CCC1(C)C2(C)C.C=C(C)C(=O)OCCOC.C=CC(=O)OC.C=CC(=O)OC.C=CC(=O)OC1CC2CCC1(C)C2(C)C.C=CC(=O)OCCOC. The van der Waals surface area contributed by atoms with Gasteiger partial charge < -0.3 is 47.4 Å². The average Bonchev–Trinajstić information content (AvgIpc) is 1.56. The van der Waals surface area contributed by atoms with E-state index in [1.54, 1.807) is 132 Å². The predicted molar refractivity (Wildman–Crippen MR) is 535 cm³/mol. The molecule has 0 saturated heterocycles. The zero-order valence-corrected chi connectivity index (χ0v) is 85.8. The van der Waals surface area contributed by atoms with Crippen LogP contribution >= 0.6 is 0 Å². The molecule has 0 aromatic rings. The van der Waals surface area contributed by atoms with Gasteiger partial charge in [-0.25, -0.2) is 38.4 Å². The van der Waals surface area contributed by atoms with Crippen LogP contribution < -0.4 is 0 Å². The van der Waals surface area contributed by atoms with Crippen LogP contribution in [0.1, 0.15) is 281 Å². The summed E-state index contributed by atoms with van der Waals surface area (Å²) in [4.78, 5) is 85.2. The summed E-state index contributed by atoms with van der Waals surface area (Å²) in [5, 5.41) is 0. The molecule has 752 valence electrons. The first-order chi connectivity index (χ1) is 64.4. The van der Waals surface area contributed by atoms with Crippen molar-refractivity contribution in [3.8, 4) is 0 Å². The molecule has 31 atom stereocenters. The monoisotopic (exact) mass is 1870 g/mol. The van der Waals surface area contributed by atoms with Crippen molar-refractivity contribution in [3.05, 3.63) is 148 Å². The zero-order valence-electron chi connectivity index (χ0n) is 85.8. The third-order valence-electron chi connectivity index (χ3n) is 38.3. The van der Waals surface area contributed by atoms with Crippen LogP contribution in [0.5, 0.6) is 0 Å². The number of carbonyl (C=O) groups is 8. The molecule has 18 nitrogen and oxygen atoms in total. The lowest BCUT2D eigenvalue weighted by Gasteiger charge is -2.38. The minimum Gasteiger partial charge on any atom is -0.466 e. The molecule has 18 heteroatoms. The molecule has 18 saturated carbocycles. The fourth-order valence-corrected chi connectivity index (χ4v) is 30.4. The molecule has 22 aliphatic carbocycles. The predicted octanol–water partition coefficient (Wildman–Crippen LogP) is 25.0. The minimum atomic E-state index is -0.410. The van der Waals surface area contributed by atoms with Gasteiger partial charge >= 0.3 is 47.8 Å². The van der Waals surface area contributed by atoms with Gasteiger partial charge in [0.25, 0.3) is 0 Å². The Balaban J connectivity index is 0.000000153. The molecule has 18 fully saturated rings. The molecular weight excluding hydrogens is 1690 g/mol. The van der Waals surface area contributed by atoms with Crippen LogP contribution in [-0.4, -0.2) is 128 Å². The highest BCUT2D eigenvalue weighted by molar-refractivity contribution is 5.88. The zero-order chi connectivity index (χ0) is 98.4. The summed E-state index contributed by atoms with van der Waals surface area (Å²) in [5.74, 6) is 24.4. The maximum Gasteiger partial charge on any atom is 0.333 e. The molecule has 22 aliphatic rings. The Labute approximate surface area is 813 Å². The van der Waals surface area contributed by atoms with E-state index in [0.717, 1.165) is 150 Å². The molecule has 0 aliphatic heterocycles. The van der Waals surface area contributed by atoms with E-state index in [4.69, 9.17) is 14.2 Å². The van der Waals surface area contributed by atoms with Gasteiger partial charge in [-0.2, -0.15) is 0 Å². The van der Waals surface area contributed by atoms with Crippen molar-refractivity contribution in [2.45, 2.75) is 299 Å². The van der Waals surface area contributed by atoms with Crippen molar-refractivity contribution in [2.24, 2.45) is 176 Å². The van der Waals surface area contributed by atoms with E-state index < -0.39 is 17.9 Å². The number of hydrogen-bond acceptors (Lipinski definition) is 18. The van der Waals surface area contributed by atoms with Gasteiger partial charge in [-0.15, -0.1) is 0 Å². The van der Waals surface area contributed by atoms with Crippen molar-refractivity contribution in [3.63, 3.8) is 0 Å². The number of fused-ring (bicyclic) bond motifs is 34. The lowest BCUT2D eigenvalue weighted by atomic mass is 9.70. The highest BCUT2D eigenvalue weighted by atomic mass is 16.6. The van der Waals surface area contributed by atoms with Crippen molar-refractivity contribution >= 4 is 47.8 Å². The fraction of sp³-hybridized carbons (Fsp3) is 0.726. The van der Waals surface area contributed by atoms with E-state index in [2.05, 4.69) is 176 Å². The molecule has 16 bridgehead atoms. The van der Waals surface area contributed by atoms with Crippen LogP contribution in [0.4, 0.5) is 0 Å². The van der Waals surface area contributed by atoms with E-state index >= 15 is 0 Å². The molecule has 0 amide bonds. The normalized spacial score (nSPS) is 37.7. The van der Waals surface area contributed by atoms with E-state index in [1.807, 2.05) is 0 Å². The Morgan fingerprint density at radius 3 is 0.919 bits per heavy atom. The third-order valence-corrected chi connectivity index (χ3v) is 38.3. The lowest BCUT2D eigenvalue weighted by molar-refractivity contribution is -0.152. The smallest absolute Gasteiger partial charge is 0.333 e. The Morgan fingerprint density at radius 1 is 0.304 bits per heavy atom. The topological polar surface area (TPSA) is 229 Å². The Kier molecular flexibility index (Phi) is 41.1. The van der Waals surface area contributed by atoms with Crippen molar-refractivity contribution in [1.29, 1.82) is 0 Å². The molecule has 0 spiro atoms. The minimum absolute atomic E-state index is 0.0884. The maximum absolute atomic E-state index is 11.6. The molecule has 0 aromatic heterocycles. The molecule has 22 rings (SSSR count). The highest BCUT2D eigenvalue weighted by Crippen LogP contribution is 2.69. The highest BCUT2D eigenvalue weighted by Gasteiger charge is 2.65. The Hall–Kier alpha value is -7.44.